The van der Waals surface area contributed by atoms with Crippen molar-refractivity contribution in [3.8, 4) is 0 Å². The van der Waals surface area contributed by atoms with Crippen LogP contribution in [-0.4, -0.2) is 27.6 Å². The zero-order valence-electron chi connectivity index (χ0n) is 10.9. The van der Waals surface area contributed by atoms with E-state index in [9.17, 15) is 0 Å². The van der Waals surface area contributed by atoms with E-state index in [4.69, 9.17) is 12.2 Å². The summed E-state index contributed by atoms with van der Waals surface area (Å²) in [6, 6.07) is 0. The molecule has 1 atom stereocenters. The first-order valence-corrected chi connectivity index (χ1v) is 7.81. The van der Waals surface area contributed by atoms with Gasteiger partial charge in [0.1, 0.15) is 4.32 Å². The molecule has 0 aromatic carbocycles. The van der Waals surface area contributed by atoms with Gasteiger partial charge in [0.05, 0.1) is 0 Å². The van der Waals surface area contributed by atoms with Gasteiger partial charge in [-0.2, -0.15) is 0 Å². The molecular weight excluding hydrogens is 246 g/mol. The van der Waals surface area contributed by atoms with Crippen molar-refractivity contribution in [2.75, 3.05) is 13.1 Å². The van der Waals surface area contributed by atoms with Gasteiger partial charge in [-0.3, -0.25) is 0 Å². The molecule has 1 heterocycles. The Kier molecular flexibility index (Phi) is 7.62. The van der Waals surface area contributed by atoms with Gasteiger partial charge < -0.3 is 4.90 Å². The summed E-state index contributed by atoms with van der Waals surface area (Å²) in [6.45, 7) is 6.59. The van der Waals surface area contributed by atoms with Crippen LogP contribution >= 0.6 is 24.0 Å². The summed E-state index contributed by atoms with van der Waals surface area (Å²) in [4.78, 5) is 2.35. The van der Waals surface area contributed by atoms with Gasteiger partial charge in [0, 0.05) is 18.3 Å². The second-order valence-corrected chi connectivity index (χ2v) is 6.19. The van der Waals surface area contributed by atoms with Crippen LogP contribution in [0.15, 0.2) is 24.3 Å². The maximum atomic E-state index is 5.52. The van der Waals surface area contributed by atoms with Crippen LogP contribution in [0.5, 0.6) is 0 Å². The third-order valence-electron chi connectivity index (χ3n) is 2.82. The molecule has 1 rings (SSSR count). The Labute approximate surface area is 115 Å². The minimum absolute atomic E-state index is 0.532. The molecule has 1 saturated heterocycles. The van der Waals surface area contributed by atoms with Crippen molar-refractivity contribution in [3.05, 3.63) is 24.3 Å². The fourth-order valence-corrected chi connectivity index (χ4v) is 3.55. The average molecular weight is 269 g/mol. The van der Waals surface area contributed by atoms with Crippen LogP contribution in [0.4, 0.5) is 0 Å². The lowest BCUT2D eigenvalue weighted by atomic mass is 10.2. The summed E-state index contributed by atoms with van der Waals surface area (Å²) in [7, 11) is 0. The van der Waals surface area contributed by atoms with E-state index in [1.165, 1.54) is 25.7 Å². The number of hydrogen-bond acceptors (Lipinski definition) is 2. The number of allylic oxidation sites excluding steroid dienone is 3. The van der Waals surface area contributed by atoms with Crippen LogP contribution in [0.1, 0.15) is 39.5 Å². The highest BCUT2D eigenvalue weighted by Crippen LogP contribution is 2.24. The topological polar surface area (TPSA) is 3.24 Å². The molecule has 17 heavy (non-hydrogen) atoms. The fraction of sp³-hybridized carbons (Fsp3) is 0.643. The van der Waals surface area contributed by atoms with Crippen LogP contribution in [0, 0.1) is 0 Å². The Morgan fingerprint density at radius 3 is 2.65 bits per heavy atom. The van der Waals surface area contributed by atoms with E-state index in [2.05, 4.69) is 36.1 Å². The molecule has 96 valence electrons. The van der Waals surface area contributed by atoms with Gasteiger partial charge in [-0.15, -0.1) is 0 Å². The minimum Gasteiger partial charge on any atom is -0.358 e. The second-order valence-electron chi connectivity index (χ2n) is 4.32. The summed E-state index contributed by atoms with van der Waals surface area (Å²) in [5.41, 5.74) is 0. The first kappa shape index (κ1) is 14.8. The van der Waals surface area contributed by atoms with Gasteiger partial charge in [0.2, 0.25) is 0 Å². The van der Waals surface area contributed by atoms with Crippen LogP contribution in [0.2, 0.25) is 0 Å². The van der Waals surface area contributed by atoms with Crippen molar-refractivity contribution < 1.29 is 0 Å². The molecule has 1 nitrogen and oxygen atoms in total. The molecule has 0 N–H and O–H groups in total. The van der Waals surface area contributed by atoms with Crippen molar-refractivity contribution in [3.63, 3.8) is 0 Å². The maximum Gasteiger partial charge on any atom is 0.136 e. The lowest BCUT2D eigenvalue weighted by Gasteiger charge is -2.20. The fourth-order valence-electron chi connectivity index (χ4n) is 1.88. The van der Waals surface area contributed by atoms with E-state index in [1.54, 1.807) is 0 Å². The van der Waals surface area contributed by atoms with Gasteiger partial charge in [-0.25, -0.2) is 0 Å². The number of rotatable bonds is 5. The van der Waals surface area contributed by atoms with E-state index in [0.717, 1.165) is 17.4 Å². The van der Waals surface area contributed by atoms with Gasteiger partial charge in [0.25, 0.3) is 0 Å². The molecule has 1 aliphatic heterocycles. The van der Waals surface area contributed by atoms with Crippen molar-refractivity contribution in [1.82, 2.24) is 4.90 Å². The first-order valence-electron chi connectivity index (χ1n) is 6.53. The Hall–Kier alpha value is -0.280. The smallest absolute Gasteiger partial charge is 0.136 e. The molecule has 0 saturated carbocycles. The van der Waals surface area contributed by atoms with E-state index < -0.39 is 0 Å². The molecule has 3 heteroatoms. The zero-order chi connectivity index (χ0) is 12.5. The van der Waals surface area contributed by atoms with Crippen LogP contribution < -0.4 is 0 Å². The van der Waals surface area contributed by atoms with Crippen LogP contribution in [0.25, 0.3) is 0 Å². The number of thiocarbonyl (C=S) groups is 1. The molecular formula is C14H23NS2. The summed E-state index contributed by atoms with van der Waals surface area (Å²) in [5, 5.41) is 0.532. The highest BCUT2D eigenvalue weighted by Gasteiger charge is 2.17. The normalized spacial score (nSPS) is 18.4. The molecule has 0 bridgehead atoms. The molecule has 1 aliphatic rings. The average Bonchev–Trinajstić information content (AvgIpc) is 2.83. The van der Waals surface area contributed by atoms with E-state index in [0.29, 0.717) is 5.25 Å². The third kappa shape index (κ3) is 5.73. The minimum atomic E-state index is 0.532. The first-order chi connectivity index (χ1) is 8.27. The molecule has 0 spiro atoms. The van der Waals surface area contributed by atoms with E-state index in [1.807, 2.05) is 18.7 Å². The van der Waals surface area contributed by atoms with Gasteiger partial charge >= 0.3 is 0 Å². The zero-order valence-corrected chi connectivity index (χ0v) is 12.5. The van der Waals surface area contributed by atoms with Crippen molar-refractivity contribution in [2.24, 2.45) is 0 Å². The highest BCUT2D eigenvalue weighted by atomic mass is 32.2. The lowest BCUT2D eigenvalue weighted by Crippen LogP contribution is -2.24. The summed E-state index contributed by atoms with van der Waals surface area (Å²) in [6.07, 6.45) is 13.6. The largest absolute Gasteiger partial charge is 0.358 e. The molecule has 0 aliphatic carbocycles. The lowest BCUT2D eigenvalue weighted by molar-refractivity contribution is 0.539. The van der Waals surface area contributed by atoms with Crippen molar-refractivity contribution >= 4 is 28.3 Å². The monoisotopic (exact) mass is 269 g/mol. The molecule has 1 unspecified atom stereocenters. The SMILES string of the molecule is C/C=C/C=C/C(CCC)SC(=S)N1CCCC1. The highest BCUT2D eigenvalue weighted by molar-refractivity contribution is 8.23. The summed E-state index contributed by atoms with van der Waals surface area (Å²) >= 11 is 7.37. The number of likely N-dealkylation sites (tertiary alicyclic amines) is 1. The molecule has 0 aromatic heterocycles. The second kappa shape index (κ2) is 8.76. The Bertz CT molecular complexity index is 278. The van der Waals surface area contributed by atoms with Crippen molar-refractivity contribution in [2.45, 2.75) is 44.8 Å². The number of thioether (sulfide) groups is 1. The Morgan fingerprint density at radius 1 is 1.35 bits per heavy atom. The van der Waals surface area contributed by atoms with E-state index >= 15 is 0 Å². The number of nitrogens with zero attached hydrogens (tertiary/aromatic N) is 1. The quantitative estimate of drug-likeness (QED) is 0.538. The predicted octanol–water partition coefficient (Wildman–Crippen LogP) is 4.40. The standard InChI is InChI=1S/C14H23NS2/c1-3-5-6-10-13(9-4-2)17-14(16)15-11-7-8-12-15/h3,5-6,10,13H,4,7-9,11-12H2,1-2H3/b5-3+,10-6+. The van der Waals surface area contributed by atoms with Crippen molar-refractivity contribution in [1.29, 1.82) is 0 Å². The molecule has 0 amide bonds. The Morgan fingerprint density at radius 2 is 2.06 bits per heavy atom. The summed E-state index contributed by atoms with van der Waals surface area (Å²) < 4.78 is 1.09. The Balaban J connectivity index is 2.44. The summed E-state index contributed by atoms with van der Waals surface area (Å²) in [5.74, 6) is 0. The predicted molar refractivity (Wildman–Crippen MR) is 83.6 cm³/mol. The van der Waals surface area contributed by atoms with E-state index in [-0.39, 0.29) is 0 Å². The van der Waals surface area contributed by atoms with Crippen LogP contribution in [-0.2, 0) is 0 Å². The maximum absolute atomic E-state index is 5.52. The molecule has 0 aromatic rings. The van der Waals surface area contributed by atoms with Crippen LogP contribution in [0.3, 0.4) is 0 Å². The third-order valence-corrected chi connectivity index (χ3v) is 4.52. The molecule has 0 radical (unpaired) electrons. The van der Waals surface area contributed by atoms with Gasteiger partial charge in [0.15, 0.2) is 0 Å². The number of hydrogen-bond donors (Lipinski definition) is 0. The van der Waals surface area contributed by atoms with Gasteiger partial charge in [-0.05, 0) is 26.2 Å². The van der Waals surface area contributed by atoms with Gasteiger partial charge in [-0.1, -0.05) is 61.6 Å². The molecule has 1 fully saturated rings.